The predicted octanol–water partition coefficient (Wildman–Crippen LogP) is 3.25. The van der Waals surface area contributed by atoms with Crippen LogP contribution in [0.1, 0.15) is 80.6 Å². The van der Waals surface area contributed by atoms with Crippen molar-refractivity contribution >= 4 is 37.3 Å². The van der Waals surface area contributed by atoms with Crippen molar-refractivity contribution in [3.8, 4) is 11.3 Å². The van der Waals surface area contributed by atoms with Gasteiger partial charge in [-0.1, -0.05) is 31.2 Å². The average molecular weight is 681 g/mol. The molecule has 3 N–H and O–H groups in total. The van der Waals surface area contributed by atoms with Gasteiger partial charge in [-0.25, -0.2) is 4.79 Å². The van der Waals surface area contributed by atoms with Crippen molar-refractivity contribution in [3.05, 3.63) is 30.5 Å². The number of unbranched alkanes of at least 4 members (excludes halogenated alkanes) is 1. The molecule has 2 aliphatic heterocycles. The van der Waals surface area contributed by atoms with Gasteiger partial charge in [-0.15, -0.1) is 5.10 Å². The van der Waals surface area contributed by atoms with Crippen LogP contribution in [0, 0.1) is 11.8 Å². The van der Waals surface area contributed by atoms with Crippen molar-refractivity contribution in [1.82, 2.24) is 24.8 Å². The lowest BCUT2D eigenvalue weighted by Gasteiger charge is -2.44. The van der Waals surface area contributed by atoms with Crippen LogP contribution in [0.15, 0.2) is 30.5 Å². The molecule has 49 heavy (non-hydrogen) atoms. The van der Waals surface area contributed by atoms with E-state index in [0.717, 1.165) is 5.56 Å². The van der Waals surface area contributed by atoms with E-state index in [2.05, 4.69) is 10.3 Å². The maximum atomic E-state index is 13.7. The van der Waals surface area contributed by atoms with Crippen molar-refractivity contribution in [2.45, 2.75) is 122 Å². The van der Waals surface area contributed by atoms with Crippen LogP contribution in [0.4, 0.5) is 10.5 Å². The second kappa shape index (κ2) is 15.3. The van der Waals surface area contributed by atoms with E-state index in [4.69, 9.17) is 15.2 Å². The molecule has 0 aliphatic carbocycles. The van der Waals surface area contributed by atoms with Crippen molar-refractivity contribution in [3.63, 3.8) is 0 Å². The molecule has 0 spiro atoms. The number of benzene rings is 1. The first-order valence-corrected chi connectivity index (χ1v) is 17.5. The van der Waals surface area contributed by atoms with Crippen molar-refractivity contribution in [1.29, 1.82) is 0 Å². The second-order valence-electron chi connectivity index (χ2n) is 14.6. The smallest absolute Gasteiger partial charge is 0.410 e. The number of nitrogens with zero attached hydrogens (tertiary/aromatic N) is 5. The van der Waals surface area contributed by atoms with E-state index in [-0.39, 0.29) is 24.0 Å². The maximum absolute atomic E-state index is 13.7. The molecule has 1 aromatic heterocycles. The molecule has 0 saturated carbocycles. The number of ether oxygens (including phenoxy) is 2. The number of hydrogen-bond donors (Lipinski definition) is 2. The lowest BCUT2D eigenvalue weighted by Crippen LogP contribution is -2.62. The van der Waals surface area contributed by atoms with E-state index in [1.807, 2.05) is 51.2 Å². The Morgan fingerprint density at radius 1 is 1.14 bits per heavy atom. The van der Waals surface area contributed by atoms with Gasteiger partial charge in [-0.3, -0.25) is 24.0 Å². The first-order chi connectivity index (χ1) is 23.0. The van der Waals surface area contributed by atoms with Crippen LogP contribution in [0.5, 0.6) is 0 Å². The molecule has 0 bridgehead atoms. The van der Waals surface area contributed by atoms with Crippen LogP contribution >= 0.6 is 0 Å². The van der Waals surface area contributed by atoms with Gasteiger partial charge in [-0.05, 0) is 77.2 Å². The van der Waals surface area contributed by atoms with Crippen LogP contribution in [0.3, 0.4) is 0 Å². The Balaban J connectivity index is 1.60. The standard InChI is InChI=1S/C35H53BN6O7/c1-8-30-35(7)31(41(33(46)49-35)15-10-9-14-40-20-27(38-39-40)25-12-11-13-26(37)16-25)23(4)42(24(5)43)19-21(2)18-34(6,47)29(36)17-28(44)22(3)32(45)48-30/h11-13,16,20-23,29-31,47H,8-10,14-15,17-19,36-37H2,1-7H3/t21-,22-,23-,29-,30-,31-,34+,35-/m1/s1. The number of esters is 1. The lowest BCUT2D eigenvalue weighted by molar-refractivity contribution is -0.171. The Hall–Kier alpha value is -3.94. The predicted molar refractivity (Wildman–Crippen MR) is 187 cm³/mol. The van der Waals surface area contributed by atoms with Crippen LogP contribution in [-0.2, 0) is 30.4 Å². The molecule has 268 valence electrons. The fourth-order valence-corrected chi connectivity index (χ4v) is 7.49. The molecule has 2 aliphatic rings. The number of rotatable bonds is 7. The third kappa shape index (κ3) is 8.45. The molecule has 13 nitrogen and oxygen atoms in total. The molecule has 4 rings (SSSR count). The summed E-state index contributed by atoms with van der Waals surface area (Å²) < 4.78 is 13.9. The number of fused-ring (bicyclic) bond motifs is 1. The van der Waals surface area contributed by atoms with Gasteiger partial charge in [0.15, 0.2) is 5.60 Å². The summed E-state index contributed by atoms with van der Waals surface area (Å²) in [7, 11) is 1.80. The molecule has 1 aromatic carbocycles. The van der Waals surface area contributed by atoms with Crippen LogP contribution < -0.4 is 5.73 Å². The summed E-state index contributed by atoms with van der Waals surface area (Å²) in [6.07, 6.45) is 2.34. The van der Waals surface area contributed by atoms with E-state index in [1.54, 1.807) is 36.2 Å². The largest absolute Gasteiger partial charge is 0.458 e. The third-order valence-corrected chi connectivity index (χ3v) is 10.5. The van der Waals surface area contributed by atoms with Gasteiger partial charge in [0, 0.05) is 44.2 Å². The van der Waals surface area contributed by atoms with Gasteiger partial charge in [0.05, 0.1) is 23.9 Å². The third-order valence-electron chi connectivity index (χ3n) is 10.5. The summed E-state index contributed by atoms with van der Waals surface area (Å²) >= 11 is 0. The zero-order valence-electron chi connectivity index (χ0n) is 30.2. The van der Waals surface area contributed by atoms with E-state index in [9.17, 15) is 24.3 Å². The molecule has 2 saturated heterocycles. The number of ketones is 1. The summed E-state index contributed by atoms with van der Waals surface area (Å²) in [6, 6.07) is 6.22. The Labute approximate surface area is 290 Å². The Kier molecular flexibility index (Phi) is 11.8. The van der Waals surface area contributed by atoms with Crippen molar-refractivity contribution in [2.75, 3.05) is 18.8 Å². The topological polar surface area (TPSA) is 170 Å². The number of nitrogens with two attached hydrogens (primary N) is 1. The Morgan fingerprint density at radius 3 is 2.49 bits per heavy atom. The zero-order chi connectivity index (χ0) is 36.3. The Bertz CT molecular complexity index is 1520. The Morgan fingerprint density at radius 2 is 1.84 bits per heavy atom. The summed E-state index contributed by atoms with van der Waals surface area (Å²) in [6.45, 7) is 13.3. The fraction of sp³-hybridized carbons (Fsp3) is 0.657. The molecule has 2 aromatic rings. The average Bonchev–Trinajstić information content (AvgIpc) is 3.60. The SMILES string of the molecule is B[C@@H]1CC(=O)[C@@H](C)C(=O)O[C@H](CC)[C@@]2(C)OC(=O)N(CCCCn3cc(-c4cccc(N)c4)nn3)[C@@H]2[C@@H](C)N(C(C)=O)C[C@H](C)C[C@]1(C)O. The molecule has 2 fully saturated rings. The quantitative estimate of drug-likeness (QED) is 0.146. The second-order valence-corrected chi connectivity index (χ2v) is 14.6. The van der Waals surface area contributed by atoms with Crippen LogP contribution in [-0.4, -0.2) is 104 Å². The minimum Gasteiger partial charge on any atom is -0.458 e. The number of cyclic esters (lactones) is 1. The number of aromatic nitrogens is 3. The number of aliphatic hydroxyl groups is 1. The highest BCUT2D eigenvalue weighted by atomic mass is 16.6. The highest BCUT2D eigenvalue weighted by molar-refractivity contribution is 6.15. The normalized spacial score (nSPS) is 31.8. The number of amides is 2. The van der Waals surface area contributed by atoms with Crippen molar-refractivity contribution < 1.29 is 33.8 Å². The molecule has 0 radical (unpaired) electrons. The van der Waals surface area contributed by atoms with Gasteiger partial charge in [-0.2, -0.15) is 0 Å². The summed E-state index contributed by atoms with van der Waals surface area (Å²) in [4.78, 5) is 56.9. The summed E-state index contributed by atoms with van der Waals surface area (Å²) in [5.41, 5.74) is 5.60. The van der Waals surface area contributed by atoms with Gasteiger partial charge in [0.2, 0.25) is 5.91 Å². The van der Waals surface area contributed by atoms with E-state index in [1.165, 1.54) is 13.8 Å². The number of aryl methyl sites for hydroxylation is 1. The lowest BCUT2D eigenvalue weighted by atomic mass is 9.67. The molecular weight excluding hydrogens is 627 g/mol. The molecule has 8 atom stereocenters. The molecule has 0 unspecified atom stereocenters. The van der Waals surface area contributed by atoms with Gasteiger partial charge in [0.1, 0.15) is 31.3 Å². The maximum Gasteiger partial charge on any atom is 0.410 e. The summed E-state index contributed by atoms with van der Waals surface area (Å²) in [5, 5.41) is 19.9. The molecule has 3 heterocycles. The number of carbonyl (C=O) groups excluding carboxylic acids is 4. The minimum absolute atomic E-state index is 0.000940. The number of hydrogen-bond acceptors (Lipinski definition) is 10. The number of Topliss-reactive ketones (excluding diaryl/α,β-unsaturated/α-hetero) is 1. The first kappa shape index (κ1) is 37.9. The van der Waals surface area contributed by atoms with Gasteiger partial charge >= 0.3 is 12.1 Å². The molecular formula is C35H53BN6O7. The minimum atomic E-state index is -1.32. The number of carbonyl (C=O) groups is 4. The highest BCUT2D eigenvalue weighted by Gasteiger charge is 2.59. The molecule has 14 heteroatoms. The van der Waals surface area contributed by atoms with E-state index >= 15 is 0 Å². The van der Waals surface area contributed by atoms with Gasteiger partial charge < -0.3 is 25.2 Å². The van der Waals surface area contributed by atoms with E-state index in [0.29, 0.717) is 56.7 Å². The zero-order valence-corrected chi connectivity index (χ0v) is 30.2. The molecule has 2 amide bonds. The highest BCUT2D eigenvalue weighted by Crippen LogP contribution is 2.40. The number of anilines is 1. The van der Waals surface area contributed by atoms with Crippen molar-refractivity contribution in [2.24, 2.45) is 11.8 Å². The number of nitrogen functional groups attached to an aromatic ring is 1. The van der Waals surface area contributed by atoms with E-state index < -0.39 is 53.2 Å². The fourth-order valence-electron chi connectivity index (χ4n) is 7.49. The summed E-state index contributed by atoms with van der Waals surface area (Å²) in [5.74, 6) is -2.85. The van der Waals surface area contributed by atoms with Gasteiger partial charge in [0.25, 0.3) is 0 Å². The first-order valence-electron chi connectivity index (χ1n) is 17.5. The monoisotopic (exact) mass is 680 g/mol. The van der Waals surface area contributed by atoms with Crippen LogP contribution in [0.2, 0.25) is 5.82 Å². The van der Waals surface area contributed by atoms with Crippen LogP contribution in [0.25, 0.3) is 11.3 Å².